The minimum Gasteiger partial charge on any atom is -0.352 e. The van der Waals surface area contributed by atoms with Gasteiger partial charge in [0.05, 0.1) is 15.8 Å². The van der Waals surface area contributed by atoms with Crippen molar-refractivity contribution in [1.82, 2.24) is 19.4 Å². The van der Waals surface area contributed by atoms with E-state index in [1.54, 1.807) is 9.80 Å². The van der Waals surface area contributed by atoms with Crippen molar-refractivity contribution in [2.24, 2.45) is 5.41 Å². The molecule has 1 saturated carbocycles. The van der Waals surface area contributed by atoms with Gasteiger partial charge in [0.2, 0.25) is 5.91 Å². The van der Waals surface area contributed by atoms with Gasteiger partial charge in [-0.15, -0.1) is 0 Å². The van der Waals surface area contributed by atoms with Crippen molar-refractivity contribution in [3.05, 3.63) is 39.4 Å². The highest BCUT2D eigenvalue weighted by Crippen LogP contribution is 2.58. The molecule has 3 heterocycles. The van der Waals surface area contributed by atoms with Crippen LogP contribution >= 0.6 is 23.2 Å². The van der Waals surface area contributed by atoms with Gasteiger partial charge in [-0.05, 0) is 25.0 Å². The van der Waals surface area contributed by atoms with E-state index in [2.05, 4.69) is 16.5 Å². The maximum Gasteiger partial charge on any atom is 0.396 e. The summed E-state index contributed by atoms with van der Waals surface area (Å²) >= 11 is 12.1. The zero-order valence-electron chi connectivity index (χ0n) is 16.3. The molecule has 1 aliphatic heterocycles. The van der Waals surface area contributed by atoms with E-state index in [-0.39, 0.29) is 40.4 Å². The minimum absolute atomic E-state index is 0.00419. The molecule has 0 radical (unpaired) electrons. The van der Waals surface area contributed by atoms with Gasteiger partial charge in [-0.25, -0.2) is 9.78 Å². The van der Waals surface area contributed by atoms with Gasteiger partial charge >= 0.3 is 11.9 Å². The molecule has 12 heteroatoms. The SMILES string of the molecule is C=CC(=O)N1CCN(c2nc(=O)n(CC3(C(F)(F)F)CC3)c3nc(Cl)c(Cl)cc23)CC1. The quantitative estimate of drug-likeness (QED) is 0.501. The van der Waals surface area contributed by atoms with Crippen LogP contribution in [-0.2, 0) is 11.3 Å². The molecule has 2 aromatic heterocycles. The molecule has 0 unspecified atom stereocenters. The first-order valence-electron chi connectivity index (χ1n) is 9.56. The largest absolute Gasteiger partial charge is 0.396 e. The number of hydrogen-bond acceptors (Lipinski definition) is 5. The van der Waals surface area contributed by atoms with Gasteiger partial charge in [-0.2, -0.15) is 18.2 Å². The number of anilines is 1. The van der Waals surface area contributed by atoms with Crippen molar-refractivity contribution >= 4 is 46.0 Å². The van der Waals surface area contributed by atoms with Crippen LogP contribution in [0.1, 0.15) is 12.8 Å². The molecule has 2 aliphatic rings. The highest BCUT2D eigenvalue weighted by Gasteiger charge is 2.63. The van der Waals surface area contributed by atoms with Gasteiger partial charge in [-0.1, -0.05) is 29.8 Å². The Labute approximate surface area is 185 Å². The van der Waals surface area contributed by atoms with Crippen LogP contribution in [0.4, 0.5) is 19.0 Å². The summed E-state index contributed by atoms with van der Waals surface area (Å²) in [6.07, 6.45) is -3.34. The van der Waals surface area contributed by atoms with Crippen LogP contribution in [0.5, 0.6) is 0 Å². The molecule has 0 aromatic carbocycles. The predicted molar refractivity (Wildman–Crippen MR) is 111 cm³/mol. The van der Waals surface area contributed by atoms with E-state index >= 15 is 0 Å². The molecule has 2 fully saturated rings. The number of aromatic nitrogens is 3. The minimum atomic E-state index is -4.44. The summed E-state index contributed by atoms with van der Waals surface area (Å²) in [5, 5.41) is 0.313. The van der Waals surface area contributed by atoms with Crippen LogP contribution in [0.2, 0.25) is 10.2 Å². The summed E-state index contributed by atoms with van der Waals surface area (Å²) in [7, 11) is 0. The van der Waals surface area contributed by atoms with Crippen molar-refractivity contribution < 1.29 is 18.0 Å². The molecule has 0 atom stereocenters. The second kappa shape index (κ2) is 7.67. The van der Waals surface area contributed by atoms with Crippen LogP contribution in [0.3, 0.4) is 0 Å². The Morgan fingerprint density at radius 1 is 1.19 bits per heavy atom. The fourth-order valence-electron chi connectivity index (χ4n) is 3.77. The maximum atomic E-state index is 13.5. The van der Waals surface area contributed by atoms with Crippen LogP contribution in [0, 0.1) is 5.41 Å². The molecule has 0 bridgehead atoms. The Morgan fingerprint density at radius 3 is 2.39 bits per heavy atom. The summed E-state index contributed by atoms with van der Waals surface area (Å²) < 4.78 is 41.5. The second-order valence-electron chi connectivity index (χ2n) is 7.73. The Balaban J connectivity index is 1.77. The molecule has 1 saturated heterocycles. The molecule has 7 nitrogen and oxygen atoms in total. The van der Waals surface area contributed by atoms with E-state index < -0.39 is 23.8 Å². The van der Waals surface area contributed by atoms with Crippen molar-refractivity contribution in [2.75, 3.05) is 31.1 Å². The number of halogens is 5. The molecule has 2 aromatic rings. The van der Waals surface area contributed by atoms with Crippen molar-refractivity contribution in [1.29, 1.82) is 0 Å². The standard InChI is InChI=1S/C19H18Cl2F3N5O2/c1-2-13(30)27-5-7-28(8-6-27)15-11-9-12(20)14(21)25-16(11)29(17(31)26-15)10-18(3-4-18)19(22,23)24/h2,9H,1,3-8,10H2. The number of rotatable bonds is 4. The molecule has 1 amide bonds. The zero-order valence-corrected chi connectivity index (χ0v) is 17.8. The molecular weight excluding hydrogens is 458 g/mol. The first-order valence-corrected chi connectivity index (χ1v) is 10.3. The molecule has 0 N–H and O–H groups in total. The topological polar surface area (TPSA) is 71.3 Å². The first kappa shape index (κ1) is 21.9. The number of piperazine rings is 1. The average molecular weight is 476 g/mol. The van der Waals surface area contributed by atoms with Gasteiger partial charge in [0.15, 0.2) is 0 Å². The monoisotopic (exact) mass is 475 g/mol. The molecule has 31 heavy (non-hydrogen) atoms. The lowest BCUT2D eigenvalue weighted by Gasteiger charge is -2.35. The number of alkyl halides is 3. The third-order valence-electron chi connectivity index (χ3n) is 5.82. The van der Waals surface area contributed by atoms with Crippen LogP contribution < -0.4 is 10.6 Å². The van der Waals surface area contributed by atoms with E-state index in [4.69, 9.17) is 23.2 Å². The molecule has 166 valence electrons. The lowest BCUT2D eigenvalue weighted by atomic mass is 10.1. The second-order valence-corrected chi connectivity index (χ2v) is 8.50. The summed E-state index contributed by atoms with van der Waals surface area (Å²) in [6, 6.07) is 1.46. The maximum absolute atomic E-state index is 13.5. The highest BCUT2D eigenvalue weighted by atomic mass is 35.5. The van der Waals surface area contributed by atoms with Crippen molar-refractivity contribution in [3.8, 4) is 0 Å². The number of hydrogen-bond donors (Lipinski definition) is 0. The third-order valence-corrected chi connectivity index (χ3v) is 6.50. The Kier molecular flexibility index (Phi) is 5.41. The Morgan fingerprint density at radius 2 is 1.84 bits per heavy atom. The highest BCUT2D eigenvalue weighted by molar-refractivity contribution is 6.41. The van der Waals surface area contributed by atoms with E-state index in [1.807, 2.05) is 0 Å². The molecule has 0 spiro atoms. The zero-order chi connectivity index (χ0) is 22.6. The molecular formula is C19H18Cl2F3N5O2. The molecule has 1 aliphatic carbocycles. The fourth-order valence-corrected chi connectivity index (χ4v) is 4.05. The van der Waals surface area contributed by atoms with Gasteiger partial charge in [0, 0.05) is 32.7 Å². The van der Waals surface area contributed by atoms with Gasteiger partial charge in [-0.3, -0.25) is 9.36 Å². The summed E-state index contributed by atoms with van der Waals surface area (Å²) in [4.78, 5) is 36.2. The van der Waals surface area contributed by atoms with Gasteiger partial charge in [0.1, 0.15) is 16.6 Å². The van der Waals surface area contributed by atoms with Gasteiger partial charge < -0.3 is 9.80 Å². The van der Waals surface area contributed by atoms with Crippen LogP contribution in [0.25, 0.3) is 11.0 Å². The van der Waals surface area contributed by atoms with Crippen LogP contribution in [0.15, 0.2) is 23.5 Å². The molecule has 4 rings (SSSR count). The Hall–Kier alpha value is -2.33. The van der Waals surface area contributed by atoms with Crippen molar-refractivity contribution in [3.63, 3.8) is 0 Å². The summed E-state index contributed by atoms with van der Waals surface area (Å²) in [6.45, 7) is 4.39. The predicted octanol–water partition coefficient (Wildman–Crippen LogP) is 3.28. The van der Waals surface area contributed by atoms with Crippen LogP contribution in [-0.4, -0.2) is 57.7 Å². The van der Waals surface area contributed by atoms with Crippen molar-refractivity contribution in [2.45, 2.75) is 25.6 Å². The lowest BCUT2D eigenvalue weighted by molar-refractivity contribution is -0.190. The number of carbonyl (C=O) groups is 1. The lowest BCUT2D eigenvalue weighted by Crippen LogP contribution is -2.49. The number of pyridine rings is 1. The Bertz CT molecular complexity index is 1120. The fraction of sp³-hybridized carbons (Fsp3) is 0.474. The summed E-state index contributed by atoms with van der Waals surface area (Å²) in [5.74, 6) is 0.0520. The normalized spacial score (nSPS) is 18.4. The van der Waals surface area contributed by atoms with E-state index in [0.717, 1.165) is 4.57 Å². The number of carbonyl (C=O) groups excluding carboxylic acids is 1. The van der Waals surface area contributed by atoms with Gasteiger partial charge in [0.25, 0.3) is 0 Å². The average Bonchev–Trinajstić information content (AvgIpc) is 3.52. The smallest absolute Gasteiger partial charge is 0.352 e. The number of fused-ring (bicyclic) bond motifs is 1. The van der Waals surface area contributed by atoms with E-state index in [0.29, 0.717) is 31.6 Å². The third kappa shape index (κ3) is 3.87. The van der Waals surface area contributed by atoms with E-state index in [9.17, 15) is 22.8 Å². The number of nitrogens with zero attached hydrogens (tertiary/aromatic N) is 5. The van der Waals surface area contributed by atoms with E-state index in [1.165, 1.54) is 12.1 Å². The number of amides is 1. The first-order chi connectivity index (χ1) is 14.6. The summed E-state index contributed by atoms with van der Waals surface area (Å²) in [5.41, 5.74) is -2.80.